The van der Waals surface area contributed by atoms with Crippen molar-refractivity contribution in [2.45, 2.75) is 13.3 Å². The topological polar surface area (TPSA) is 47.0 Å². The Labute approximate surface area is 129 Å². The van der Waals surface area contributed by atoms with E-state index in [0.29, 0.717) is 10.3 Å². The van der Waals surface area contributed by atoms with Crippen LogP contribution in [0.25, 0.3) is 0 Å². The van der Waals surface area contributed by atoms with Crippen LogP contribution in [0.4, 0.5) is 10.2 Å². The van der Waals surface area contributed by atoms with Gasteiger partial charge in [-0.3, -0.25) is 4.98 Å². The van der Waals surface area contributed by atoms with Gasteiger partial charge in [0.25, 0.3) is 0 Å². The summed E-state index contributed by atoms with van der Waals surface area (Å²) in [7, 11) is 0. The normalized spacial score (nSPS) is 10.4. The molecule has 20 heavy (non-hydrogen) atoms. The van der Waals surface area contributed by atoms with E-state index < -0.39 is 5.82 Å². The van der Waals surface area contributed by atoms with Crippen LogP contribution in [0.5, 0.6) is 11.6 Å². The summed E-state index contributed by atoms with van der Waals surface area (Å²) in [5, 5.41) is 3.12. The molecule has 2 rings (SSSR count). The number of anilines is 1. The minimum Gasteiger partial charge on any atom is -0.436 e. The molecule has 0 radical (unpaired) electrons. The predicted octanol–water partition coefficient (Wildman–Crippen LogP) is 4.65. The quantitative estimate of drug-likeness (QED) is 0.789. The van der Waals surface area contributed by atoms with Crippen LogP contribution in [-0.2, 0) is 0 Å². The first-order valence-electron chi connectivity index (χ1n) is 5.98. The lowest BCUT2D eigenvalue weighted by molar-refractivity contribution is 0.453. The third kappa shape index (κ3) is 3.80. The molecule has 0 atom stereocenters. The Morgan fingerprint density at radius 1 is 1.40 bits per heavy atom. The molecule has 0 aliphatic rings. The number of rotatable bonds is 5. The van der Waals surface area contributed by atoms with Gasteiger partial charge in [-0.15, -0.1) is 0 Å². The number of ether oxygens (including phenoxy) is 1. The van der Waals surface area contributed by atoms with E-state index in [2.05, 4.69) is 31.2 Å². The Hall–Kier alpha value is -1.40. The Balaban J connectivity index is 2.19. The van der Waals surface area contributed by atoms with Gasteiger partial charge in [-0.2, -0.15) is 4.98 Å². The second kappa shape index (κ2) is 6.85. The fourth-order valence-corrected chi connectivity index (χ4v) is 2.15. The smallest absolute Gasteiger partial charge is 0.239 e. The second-order valence-electron chi connectivity index (χ2n) is 3.97. The van der Waals surface area contributed by atoms with E-state index in [9.17, 15) is 4.39 Å². The van der Waals surface area contributed by atoms with Crippen LogP contribution in [0, 0.1) is 5.82 Å². The lowest BCUT2D eigenvalue weighted by Gasteiger charge is -2.09. The van der Waals surface area contributed by atoms with Gasteiger partial charge in [0, 0.05) is 12.6 Å². The van der Waals surface area contributed by atoms with E-state index in [1.165, 1.54) is 18.3 Å². The van der Waals surface area contributed by atoms with Crippen LogP contribution in [0.1, 0.15) is 13.3 Å². The molecule has 1 aromatic carbocycles. The van der Waals surface area contributed by atoms with Crippen molar-refractivity contribution in [1.29, 1.82) is 0 Å². The third-order valence-electron chi connectivity index (χ3n) is 2.36. The molecule has 7 heteroatoms. The minimum absolute atomic E-state index is 0.0219. The fraction of sp³-hybridized carbons (Fsp3) is 0.231. The van der Waals surface area contributed by atoms with Gasteiger partial charge < -0.3 is 10.1 Å². The highest BCUT2D eigenvalue weighted by molar-refractivity contribution is 9.10. The van der Waals surface area contributed by atoms with Crippen LogP contribution in [0.2, 0.25) is 5.02 Å². The van der Waals surface area contributed by atoms with E-state index in [1.54, 1.807) is 6.20 Å². The zero-order chi connectivity index (χ0) is 14.5. The van der Waals surface area contributed by atoms with Crippen molar-refractivity contribution in [3.05, 3.63) is 39.8 Å². The first-order chi connectivity index (χ1) is 9.60. The maximum atomic E-state index is 13.4. The molecule has 0 saturated carbocycles. The summed E-state index contributed by atoms with van der Waals surface area (Å²) >= 11 is 8.93. The van der Waals surface area contributed by atoms with E-state index in [4.69, 9.17) is 16.3 Å². The van der Waals surface area contributed by atoms with Crippen LogP contribution in [0.3, 0.4) is 0 Å². The standard InChI is InChI=1S/C13H12BrClFN3O/c1-2-3-18-12-6-17-7-13(19-12)20-11-5-10(16)9(15)4-8(11)14/h4-7H,2-3H2,1H3,(H,18,19). The van der Waals surface area contributed by atoms with Crippen molar-refractivity contribution < 1.29 is 9.13 Å². The SMILES string of the molecule is CCCNc1cncc(Oc2cc(F)c(Cl)cc2Br)n1. The number of nitrogens with zero attached hydrogens (tertiary/aromatic N) is 2. The van der Waals surface area contributed by atoms with Gasteiger partial charge in [-0.1, -0.05) is 18.5 Å². The fourth-order valence-electron chi connectivity index (χ4n) is 1.43. The van der Waals surface area contributed by atoms with Crippen molar-refractivity contribution in [2.75, 3.05) is 11.9 Å². The number of hydrogen-bond donors (Lipinski definition) is 1. The van der Waals surface area contributed by atoms with Crippen LogP contribution in [0.15, 0.2) is 29.0 Å². The average molecular weight is 361 g/mol. The van der Waals surface area contributed by atoms with Gasteiger partial charge >= 0.3 is 0 Å². The van der Waals surface area contributed by atoms with Crippen molar-refractivity contribution in [3.8, 4) is 11.6 Å². The third-order valence-corrected chi connectivity index (χ3v) is 3.27. The molecular formula is C13H12BrClFN3O. The van der Waals surface area contributed by atoms with E-state index in [1.807, 2.05) is 6.92 Å². The average Bonchev–Trinajstić information content (AvgIpc) is 2.43. The highest BCUT2D eigenvalue weighted by atomic mass is 79.9. The molecule has 1 heterocycles. The largest absolute Gasteiger partial charge is 0.436 e. The second-order valence-corrected chi connectivity index (χ2v) is 5.23. The number of benzene rings is 1. The van der Waals surface area contributed by atoms with Gasteiger partial charge in [0.1, 0.15) is 17.4 Å². The number of nitrogens with one attached hydrogen (secondary N) is 1. The minimum atomic E-state index is -0.557. The van der Waals surface area contributed by atoms with Crippen LogP contribution >= 0.6 is 27.5 Å². The van der Waals surface area contributed by atoms with Crippen LogP contribution < -0.4 is 10.1 Å². The molecular weight excluding hydrogens is 349 g/mol. The number of halogens is 3. The zero-order valence-corrected chi connectivity index (χ0v) is 13.0. The number of hydrogen-bond acceptors (Lipinski definition) is 4. The van der Waals surface area contributed by atoms with Crippen molar-refractivity contribution in [2.24, 2.45) is 0 Å². The molecule has 4 nitrogen and oxygen atoms in total. The van der Waals surface area contributed by atoms with Gasteiger partial charge in [0.15, 0.2) is 0 Å². The molecule has 0 spiro atoms. The molecule has 0 unspecified atom stereocenters. The van der Waals surface area contributed by atoms with Crippen LogP contribution in [-0.4, -0.2) is 16.5 Å². The van der Waals surface area contributed by atoms with E-state index >= 15 is 0 Å². The van der Waals surface area contributed by atoms with E-state index in [-0.39, 0.29) is 16.7 Å². The summed E-state index contributed by atoms with van der Waals surface area (Å²) in [6, 6.07) is 2.62. The summed E-state index contributed by atoms with van der Waals surface area (Å²) in [6.45, 7) is 2.84. The van der Waals surface area contributed by atoms with Crippen molar-refractivity contribution in [1.82, 2.24) is 9.97 Å². The number of aromatic nitrogens is 2. The van der Waals surface area contributed by atoms with Crippen molar-refractivity contribution in [3.63, 3.8) is 0 Å². The molecule has 2 aromatic rings. The van der Waals surface area contributed by atoms with Gasteiger partial charge in [0.05, 0.1) is 21.9 Å². The molecule has 106 valence electrons. The Morgan fingerprint density at radius 2 is 2.20 bits per heavy atom. The maximum Gasteiger partial charge on any atom is 0.239 e. The van der Waals surface area contributed by atoms with Gasteiger partial charge in [0.2, 0.25) is 5.88 Å². The Morgan fingerprint density at radius 3 is 2.95 bits per heavy atom. The summed E-state index contributed by atoms with van der Waals surface area (Å²) in [6.07, 6.45) is 4.02. The molecule has 1 N–H and O–H groups in total. The van der Waals surface area contributed by atoms with Gasteiger partial charge in [-0.25, -0.2) is 4.39 Å². The lowest BCUT2D eigenvalue weighted by Crippen LogP contribution is -2.03. The molecule has 0 aliphatic carbocycles. The predicted molar refractivity (Wildman–Crippen MR) is 80.0 cm³/mol. The Bertz CT molecular complexity index is 612. The molecule has 1 aromatic heterocycles. The molecule has 0 saturated heterocycles. The zero-order valence-electron chi connectivity index (χ0n) is 10.7. The van der Waals surface area contributed by atoms with Crippen molar-refractivity contribution >= 4 is 33.3 Å². The Kier molecular flexibility index (Phi) is 5.14. The monoisotopic (exact) mass is 359 g/mol. The summed E-state index contributed by atoms with van der Waals surface area (Å²) in [5.41, 5.74) is 0. The highest BCUT2D eigenvalue weighted by Crippen LogP contribution is 2.33. The summed E-state index contributed by atoms with van der Waals surface area (Å²) in [4.78, 5) is 8.24. The highest BCUT2D eigenvalue weighted by Gasteiger charge is 2.10. The van der Waals surface area contributed by atoms with Gasteiger partial charge in [-0.05, 0) is 28.4 Å². The van der Waals surface area contributed by atoms with E-state index in [0.717, 1.165) is 13.0 Å². The lowest BCUT2D eigenvalue weighted by atomic mass is 10.3. The first-order valence-corrected chi connectivity index (χ1v) is 7.15. The molecule has 0 amide bonds. The maximum absolute atomic E-state index is 13.4. The molecule has 0 aliphatic heterocycles. The molecule has 0 fully saturated rings. The summed E-state index contributed by atoms with van der Waals surface area (Å²) in [5.74, 6) is 0.607. The first kappa shape index (κ1) is 15.0. The molecule has 0 bridgehead atoms. The summed E-state index contributed by atoms with van der Waals surface area (Å²) < 4.78 is 19.5.